The number of benzene rings is 3. The van der Waals surface area contributed by atoms with Crippen LogP contribution in [0.1, 0.15) is 27.2 Å². The molecule has 220 valence electrons. The maximum absolute atomic E-state index is 13.4. The van der Waals surface area contributed by atoms with E-state index in [1.807, 2.05) is 54.6 Å². The summed E-state index contributed by atoms with van der Waals surface area (Å²) in [4.78, 5) is 39.5. The fourth-order valence-electron chi connectivity index (χ4n) is 4.45. The molecule has 3 N–H and O–H groups in total. The number of hydrogen-bond acceptors (Lipinski definition) is 8. The minimum absolute atomic E-state index is 0.00381. The number of amides is 2. The van der Waals surface area contributed by atoms with Crippen LogP contribution in [0.25, 0.3) is 11.0 Å². The lowest BCUT2D eigenvalue weighted by Crippen LogP contribution is -2.52. The van der Waals surface area contributed by atoms with Crippen molar-refractivity contribution < 1.29 is 33.3 Å². The third-order valence-electron chi connectivity index (χ3n) is 6.78. The average Bonchev–Trinajstić information content (AvgIpc) is 3.01. The van der Waals surface area contributed by atoms with Crippen molar-refractivity contribution in [1.29, 1.82) is 0 Å². The van der Waals surface area contributed by atoms with Crippen molar-refractivity contribution in [1.82, 2.24) is 10.6 Å². The van der Waals surface area contributed by atoms with Crippen LogP contribution in [-0.2, 0) is 22.4 Å². The van der Waals surface area contributed by atoms with Crippen molar-refractivity contribution in [2.24, 2.45) is 0 Å². The largest absolute Gasteiger partial charge is 0.497 e. The molecule has 4 aromatic rings. The summed E-state index contributed by atoms with van der Waals surface area (Å²) in [7, 11) is 3.07. The van der Waals surface area contributed by atoms with Gasteiger partial charge in [-0.25, -0.2) is 0 Å². The molecule has 42 heavy (non-hydrogen) atoms. The highest BCUT2D eigenvalue weighted by Crippen LogP contribution is 2.22. The molecule has 10 heteroatoms. The first-order chi connectivity index (χ1) is 20.3. The summed E-state index contributed by atoms with van der Waals surface area (Å²) in [5.41, 5.74) is 1.65. The summed E-state index contributed by atoms with van der Waals surface area (Å²) in [6.45, 7) is 1.76. The van der Waals surface area contributed by atoms with Crippen LogP contribution < -0.4 is 25.5 Å². The van der Waals surface area contributed by atoms with Gasteiger partial charge in [0.2, 0.25) is 0 Å². The van der Waals surface area contributed by atoms with E-state index < -0.39 is 24.0 Å². The highest BCUT2D eigenvalue weighted by atomic mass is 16.7. The lowest BCUT2D eigenvalue weighted by Gasteiger charge is -2.24. The van der Waals surface area contributed by atoms with E-state index in [-0.39, 0.29) is 47.5 Å². The lowest BCUT2D eigenvalue weighted by molar-refractivity contribution is -0.130. The molecule has 0 radical (unpaired) electrons. The molecule has 10 nitrogen and oxygen atoms in total. The molecule has 0 aliphatic rings. The standard InChI is InChI=1S/C32H34N2O8/c1-20-28(35)25-14-13-24(41-19-39-2)18-27(25)42-30(20)32(38)34-26(17-22-7-5-4-6-8-22)29(36)31(37)33-16-15-21-9-11-23(40-3)12-10-21/h4-14,18,26,29,36H,15-17,19H2,1-3H3,(H,33,37)(H,34,38)/t26-,29?/m0/s1. The van der Waals surface area contributed by atoms with E-state index in [0.29, 0.717) is 12.2 Å². The van der Waals surface area contributed by atoms with Gasteiger partial charge in [-0.15, -0.1) is 0 Å². The monoisotopic (exact) mass is 574 g/mol. The number of ether oxygens (including phenoxy) is 3. The number of methoxy groups -OCH3 is 2. The van der Waals surface area contributed by atoms with Gasteiger partial charge in [0.25, 0.3) is 11.8 Å². The fraction of sp³-hybridized carbons (Fsp3) is 0.281. The maximum Gasteiger partial charge on any atom is 0.287 e. The Kier molecular flexibility index (Phi) is 10.3. The van der Waals surface area contributed by atoms with Gasteiger partial charge in [0, 0.05) is 25.3 Å². The second-order valence-electron chi connectivity index (χ2n) is 9.70. The van der Waals surface area contributed by atoms with E-state index in [4.69, 9.17) is 18.6 Å². The van der Waals surface area contributed by atoms with Gasteiger partial charge < -0.3 is 34.4 Å². The zero-order valence-corrected chi connectivity index (χ0v) is 23.7. The van der Waals surface area contributed by atoms with Gasteiger partial charge in [-0.1, -0.05) is 42.5 Å². The van der Waals surface area contributed by atoms with Gasteiger partial charge >= 0.3 is 0 Å². The van der Waals surface area contributed by atoms with Gasteiger partial charge in [-0.2, -0.15) is 0 Å². The van der Waals surface area contributed by atoms with Crippen LogP contribution in [0.5, 0.6) is 11.5 Å². The topological polar surface area (TPSA) is 136 Å². The summed E-state index contributed by atoms with van der Waals surface area (Å²) in [5.74, 6) is -0.467. The van der Waals surface area contributed by atoms with Crippen molar-refractivity contribution in [3.63, 3.8) is 0 Å². The zero-order chi connectivity index (χ0) is 30.1. The Morgan fingerprint density at radius 3 is 2.36 bits per heavy atom. The third-order valence-corrected chi connectivity index (χ3v) is 6.78. The molecule has 0 spiro atoms. The first-order valence-electron chi connectivity index (χ1n) is 13.4. The molecular formula is C32H34N2O8. The number of hydrogen-bond donors (Lipinski definition) is 3. The average molecular weight is 575 g/mol. The van der Waals surface area contributed by atoms with Gasteiger partial charge in [-0.3, -0.25) is 14.4 Å². The van der Waals surface area contributed by atoms with E-state index in [1.165, 1.54) is 20.1 Å². The Labute approximate surface area is 243 Å². The fourth-order valence-corrected chi connectivity index (χ4v) is 4.45. The zero-order valence-electron chi connectivity index (χ0n) is 23.7. The molecule has 4 rings (SSSR count). The lowest BCUT2D eigenvalue weighted by atomic mass is 10.00. The predicted octanol–water partition coefficient (Wildman–Crippen LogP) is 3.15. The number of carbonyl (C=O) groups is 2. The molecular weight excluding hydrogens is 540 g/mol. The second kappa shape index (κ2) is 14.3. The Balaban J connectivity index is 1.52. The number of nitrogens with one attached hydrogen (secondary N) is 2. The van der Waals surface area contributed by atoms with E-state index in [2.05, 4.69) is 10.6 Å². The second-order valence-corrected chi connectivity index (χ2v) is 9.70. The molecule has 2 amide bonds. The summed E-state index contributed by atoms with van der Waals surface area (Å²) in [6, 6.07) is 20.3. The third kappa shape index (κ3) is 7.54. The Morgan fingerprint density at radius 1 is 0.952 bits per heavy atom. The first-order valence-corrected chi connectivity index (χ1v) is 13.4. The Morgan fingerprint density at radius 2 is 1.67 bits per heavy atom. The predicted molar refractivity (Wildman–Crippen MR) is 157 cm³/mol. The molecule has 0 aliphatic carbocycles. The van der Waals surface area contributed by atoms with Gasteiger partial charge in [0.15, 0.2) is 24.1 Å². The number of carbonyl (C=O) groups excluding carboxylic acids is 2. The van der Waals surface area contributed by atoms with Crippen LogP contribution in [0.4, 0.5) is 0 Å². The van der Waals surface area contributed by atoms with E-state index >= 15 is 0 Å². The van der Waals surface area contributed by atoms with E-state index in [0.717, 1.165) is 16.9 Å². The normalized spacial score (nSPS) is 12.4. The number of rotatable bonds is 13. The molecule has 0 fully saturated rings. The van der Waals surface area contributed by atoms with Crippen LogP contribution in [0.3, 0.4) is 0 Å². The molecule has 0 aliphatic heterocycles. The highest BCUT2D eigenvalue weighted by molar-refractivity contribution is 5.95. The van der Waals surface area contributed by atoms with E-state index in [9.17, 15) is 19.5 Å². The Hall–Kier alpha value is -4.67. The maximum atomic E-state index is 13.4. The van der Waals surface area contributed by atoms with Crippen molar-refractivity contribution in [3.05, 3.63) is 105 Å². The molecule has 0 bridgehead atoms. The van der Waals surface area contributed by atoms with Crippen LogP contribution in [-0.4, -0.2) is 56.6 Å². The van der Waals surface area contributed by atoms with Crippen molar-refractivity contribution in [2.75, 3.05) is 27.6 Å². The number of fused-ring (bicyclic) bond motifs is 1. The van der Waals surface area contributed by atoms with Gasteiger partial charge in [-0.05, 0) is 55.2 Å². The number of aliphatic hydroxyl groups is 1. The summed E-state index contributed by atoms with van der Waals surface area (Å²) in [5, 5.41) is 16.8. The SMILES string of the molecule is COCOc1ccc2c(=O)c(C)c(C(=O)N[C@@H](Cc3ccccc3)C(O)C(=O)NCCc3ccc(OC)cc3)oc2c1. The molecule has 0 saturated heterocycles. The van der Waals surface area contributed by atoms with Crippen LogP contribution in [0.2, 0.25) is 0 Å². The minimum atomic E-state index is -1.58. The quantitative estimate of drug-likeness (QED) is 0.207. The molecule has 1 heterocycles. The summed E-state index contributed by atoms with van der Waals surface area (Å²) >= 11 is 0. The van der Waals surface area contributed by atoms with Crippen molar-refractivity contribution in [3.8, 4) is 11.5 Å². The summed E-state index contributed by atoms with van der Waals surface area (Å²) < 4.78 is 21.4. The molecule has 2 atom stereocenters. The highest BCUT2D eigenvalue weighted by Gasteiger charge is 2.30. The van der Waals surface area contributed by atoms with Crippen LogP contribution in [0, 0.1) is 6.92 Å². The molecule has 3 aromatic carbocycles. The molecule has 1 aromatic heterocycles. The van der Waals surface area contributed by atoms with Crippen molar-refractivity contribution in [2.45, 2.75) is 31.9 Å². The smallest absolute Gasteiger partial charge is 0.287 e. The number of aliphatic hydroxyl groups excluding tert-OH is 1. The van der Waals surface area contributed by atoms with Crippen molar-refractivity contribution >= 4 is 22.8 Å². The van der Waals surface area contributed by atoms with E-state index in [1.54, 1.807) is 19.2 Å². The van der Waals surface area contributed by atoms with Crippen LogP contribution in [0.15, 0.2) is 82.0 Å². The summed E-state index contributed by atoms with van der Waals surface area (Å²) in [6.07, 6.45) is -0.882. The van der Waals surface area contributed by atoms with Crippen LogP contribution >= 0.6 is 0 Å². The molecule has 1 unspecified atom stereocenters. The Bertz CT molecular complexity index is 1570. The minimum Gasteiger partial charge on any atom is -0.497 e. The van der Waals surface area contributed by atoms with Gasteiger partial charge in [0.05, 0.1) is 18.5 Å². The van der Waals surface area contributed by atoms with Gasteiger partial charge in [0.1, 0.15) is 17.1 Å². The molecule has 0 saturated carbocycles. The first kappa shape index (κ1) is 30.3.